The van der Waals surface area contributed by atoms with Gasteiger partial charge in [0.15, 0.2) is 0 Å². The van der Waals surface area contributed by atoms with Gasteiger partial charge in [-0.2, -0.15) is 5.10 Å². The Hall–Kier alpha value is -3.24. The maximum absolute atomic E-state index is 12.1. The predicted octanol–water partition coefficient (Wildman–Crippen LogP) is 4.86. The third-order valence-electron chi connectivity index (χ3n) is 4.26. The predicted molar refractivity (Wildman–Crippen MR) is 118 cm³/mol. The van der Waals surface area contributed by atoms with Gasteiger partial charge in [0.25, 0.3) is 0 Å². The molecule has 1 aromatic carbocycles. The Balaban J connectivity index is 1.53. The van der Waals surface area contributed by atoms with Crippen LogP contribution in [0, 0.1) is 0 Å². The number of nitrogens with one attached hydrogen (secondary N) is 2. The van der Waals surface area contributed by atoms with Crippen molar-refractivity contribution in [3.05, 3.63) is 41.7 Å². The van der Waals surface area contributed by atoms with E-state index in [1.54, 1.807) is 25.5 Å². The summed E-state index contributed by atoms with van der Waals surface area (Å²) in [7, 11) is 1.62. The molecule has 0 bridgehead atoms. The summed E-state index contributed by atoms with van der Waals surface area (Å²) in [5.74, 6) is 0.465. The van der Waals surface area contributed by atoms with Gasteiger partial charge >= 0.3 is 6.09 Å². The van der Waals surface area contributed by atoms with Gasteiger partial charge < -0.3 is 10.1 Å². The van der Waals surface area contributed by atoms with Crippen molar-refractivity contribution in [2.75, 3.05) is 23.9 Å². The number of fused-ring (bicyclic) bond motifs is 1. The molecular weight excluding hydrogens is 426 g/mol. The van der Waals surface area contributed by atoms with Gasteiger partial charge in [0, 0.05) is 24.2 Å². The molecule has 9 nitrogen and oxygen atoms in total. The van der Waals surface area contributed by atoms with Crippen LogP contribution in [0.2, 0.25) is 5.02 Å². The van der Waals surface area contributed by atoms with Crippen molar-refractivity contribution in [1.29, 1.82) is 0 Å². The maximum Gasteiger partial charge on any atom is 0.415 e. The molecule has 0 radical (unpaired) electrons. The monoisotopic (exact) mass is 443 g/mol. The first kappa shape index (κ1) is 20.0. The van der Waals surface area contributed by atoms with E-state index in [1.165, 1.54) is 16.2 Å². The molecule has 11 heteroatoms. The van der Waals surface area contributed by atoms with Crippen molar-refractivity contribution in [3.63, 3.8) is 0 Å². The lowest BCUT2D eigenvalue weighted by atomic mass is 10.2. The number of aromatic nitrogens is 5. The Labute approximate surface area is 181 Å². The molecule has 4 aromatic rings. The maximum atomic E-state index is 12.1. The summed E-state index contributed by atoms with van der Waals surface area (Å²) in [6.07, 6.45) is 3.59. The fourth-order valence-electron chi connectivity index (χ4n) is 2.70. The second kappa shape index (κ2) is 8.64. The van der Waals surface area contributed by atoms with Crippen LogP contribution in [0.1, 0.15) is 13.3 Å². The quantitative estimate of drug-likeness (QED) is 0.438. The number of benzene rings is 1. The first-order chi connectivity index (χ1) is 14.6. The number of rotatable bonds is 6. The lowest BCUT2D eigenvalue weighted by Gasteiger charge is -2.16. The Morgan fingerprint density at radius 1 is 1.33 bits per heavy atom. The Morgan fingerprint density at radius 2 is 2.20 bits per heavy atom. The molecule has 3 heterocycles. The van der Waals surface area contributed by atoms with E-state index < -0.39 is 6.09 Å². The van der Waals surface area contributed by atoms with E-state index in [9.17, 15) is 4.79 Å². The molecule has 4 rings (SSSR count). The van der Waals surface area contributed by atoms with Gasteiger partial charge in [0.2, 0.25) is 5.13 Å². The highest BCUT2D eigenvalue weighted by molar-refractivity contribution is 7.18. The Kier molecular flexibility index (Phi) is 5.77. The van der Waals surface area contributed by atoms with Crippen LogP contribution in [0.3, 0.4) is 0 Å². The van der Waals surface area contributed by atoms with Crippen LogP contribution >= 0.6 is 22.9 Å². The van der Waals surface area contributed by atoms with Gasteiger partial charge in [0.05, 0.1) is 29.0 Å². The van der Waals surface area contributed by atoms with Crippen molar-refractivity contribution in [2.24, 2.45) is 0 Å². The minimum atomic E-state index is -0.453. The van der Waals surface area contributed by atoms with Crippen molar-refractivity contribution >= 4 is 56.6 Å². The van der Waals surface area contributed by atoms with Gasteiger partial charge in [-0.3, -0.25) is 10.00 Å². The lowest BCUT2D eigenvalue weighted by molar-refractivity contribution is 0.155. The lowest BCUT2D eigenvalue weighted by Crippen LogP contribution is -2.28. The second-order valence-electron chi connectivity index (χ2n) is 6.37. The van der Waals surface area contributed by atoms with Crippen LogP contribution < -0.4 is 10.2 Å². The van der Waals surface area contributed by atoms with E-state index in [4.69, 9.17) is 16.3 Å². The molecule has 30 heavy (non-hydrogen) atoms. The topological polar surface area (TPSA) is 109 Å². The summed E-state index contributed by atoms with van der Waals surface area (Å²) >= 11 is 7.82. The van der Waals surface area contributed by atoms with Gasteiger partial charge in [0.1, 0.15) is 10.8 Å². The highest BCUT2D eigenvalue weighted by Gasteiger charge is 2.16. The molecule has 154 valence electrons. The number of carbonyl (C=O) groups excluding carboxylic acids is 1. The van der Waals surface area contributed by atoms with E-state index in [-0.39, 0.29) is 0 Å². The minimum absolute atomic E-state index is 0.363. The van der Waals surface area contributed by atoms with Crippen LogP contribution in [0.5, 0.6) is 0 Å². The van der Waals surface area contributed by atoms with Gasteiger partial charge in [-0.25, -0.2) is 9.78 Å². The minimum Gasteiger partial charge on any atom is -0.449 e. The number of ether oxygens (including phenoxy) is 1. The normalized spacial score (nSPS) is 10.9. The van der Waals surface area contributed by atoms with Crippen molar-refractivity contribution < 1.29 is 9.53 Å². The number of anilines is 3. The third-order valence-corrected chi connectivity index (χ3v) is 5.56. The number of hydrogen-bond donors (Lipinski definition) is 2. The molecule has 2 N–H and O–H groups in total. The second-order valence-corrected chi connectivity index (χ2v) is 7.73. The molecule has 0 fully saturated rings. The average Bonchev–Trinajstić information content (AvgIpc) is 3.43. The molecule has 0 saturated carbocycles. The number of aromatic amines is 1. The van der Waals surface area contributed by atoms with Crippen molar-refractivity contribution in [2.45, 2.75) is 13.3 Å². The molecule has 0 saturated heterocycles. The molecule has 0 aliphatic carbocycles. The van der Waals surface area contributed by atoms with Gasteiger partial charge in [-0.1, -0.05) is 29.9 Å². The standard InChI is InChI=1S/C19H18ClN7O2S/c1-3-8-29-19(28)27(2)15-9-11(6-7-21-15)17-25-26-18(30-17)23-14-5-4-13-12(16(14)20)10-22-24-13/h4-7,9-10H,3,8H2,1-2H3,(H,22,24)(H,23,26). The number of amides is 1. The smallest absolute Gasteiger partial charge is 0.415 e. The zero-order valence-corrected chi connectivity index (χ0v) is 17.8. The summed E-state index contributed by atoms with van der Waals surface area (Å²) in [6, 6.07) is 7.32. The van der Waals surface area contributed by atoms with E-state index in [0.717, 1.165) is 22.9 Å². The number of pyridine rings is 1. The molecule has 0 aliphatic heterocycles. The summed E-state index contributed by atoms with van der Waals surface area (Å²) in [6.45, 7) is 2.30. The average molecular weight is 444 g/mol. The number of carbonyl (C=O) groups is 1. The highest BCUT2D eigenvalue weighted by atomic mass is 35.5. The molecule has 0 unspecified atom stereocenters. The van der Waals surface area contributed by atoms with E-state index in [2.05, 4.69) is 30.7 Å². The molecule has 0 atom stereocenters. The summed E-state index contributed by atoms with van der Waals surface area (Å²) in [5.41, 5.74) is 2.36. The first-order valence-corrected chi connectivity index (χ1v) is 10.3. The number of hydrogen-bond acceptors (Lipinski definition) is 8. The molecule has 0 spiro atoms. The Bertz CT molecular complexity index is 1190. The van der Waals surface area contributed by atoms with Crippen molar-refractivity contribution in [3.8, 4) is 10.6 Å². The van der Waals surface area contributed by atoms with E-state index in [0.29, 0.717) is 33.3 Å². The van der Waals surface area contributed by atoms with Crippen LogP contribution in [-0.4, -0.2) is 45.1 Å². The summed E-state index contributed by atoms with van der Waals surface area (Å²) in [5, 5.41) is 21.2. The number of halogens is 1. The zero-order chi connectivity index (χ0) is 21.1. The van der Waals surface area contributed by atoms with Gasteiger partial charge in [-0.05, 0) is 30.7 Å². The summed E-state index contributed by atoms with van der Waals surface area (Å²) in [4.78, 5) is 17.7. The highest BCUT2D eigenvalue weighted by Crippen LogP contribution is 2.34. The molecule has 1 amide bonds. The molecule has 3 aromatic heterocycles. The summed E-state index contributed by atoms with van der Waals surface area (Å²) < 4.78 is 5.15. The van der Waals surface area contributed by atoms with E-state index >= 15 is 0 Å². The fraction of sp³-hybridized carbons (Fsp3) is 0.211. The third kappa shape index (κ3) is 4.05. The first-order valence-electron chi connectivity index (χ1n) is 9.16. The molecule has 0 aliphatic rings. The van der Waals surface area contributed by atoms with Crippen LogP contribution in [0.15, 0.2) is 36.7 Å². The largest absolute Gasteiger partial charge is 0.449 e. The van der Waals surface area contributed by atoms with Crippen LogP contribution in [-0.2, 0) is 4.74 Å². The number of H-pyrrole nitrogens is 1. The zero-order valence-electron chi connectivity index (χ0n) is 16.2. The Morgan fingerprint density at radius 3 is 3.03 bits per heavy atom. The van der Waals surface area contributed by atoms with Crippen molar-refractivity contribution in [1.82, 2.24) is 25.4 Å². The SMILES string of the molecule is CCCOC(=O)N(C)c1cc(-c2nnc(Nc3ccc4[nH]ncc4c3Cl)s2)ccn1. The van der Waals surface area contributed by atoms with Gasteiger partial charge in [-0.15, -0.1) is 10.2 Å². The van der Waals surface area contributed by atoms with Crippen LogP contribution in [0.25, 0.3) is 21.5 Å². The molecular formula is C19H18ClN7O2S. The fourth-order valence-corrected chi connectivity index (χ4v) is 3.71. The van der Waals surface area contributed by atoms with Crippen LogP contribution in [0.4, 0.5) is 21.4 Å². The van der Waals surface area contributed by atoms with E-state index in [1.807, 2.05) is 25.1 Å². The number of nitrogens with zero attached hydrogens (tertiary/aromatic N) is 5.